The maximum absolute atomic E-state index is 11.8. The Balaban J connectivity index is 2.48. The molecule has 1 atom stereocenters. The van der Waals surface area contributed by atoms with Gasteiger partial charge in [-0.05, 0) is 6.42 Å². The molecule has 3 N–H and O–H groups in total. The van der Waals surface area contributed by atoms with Crippen molar-refractivity contribution in [2.24, 2.45) is 5.73 Å². The minimum Gasteiger partial charge on any atom is -0.380 e. The van der Waals surface area contributed by atoms with Gasteiger partial charge in [0.15, 0.2) is 0 Å². The second kappa shape index (κ2) is 6.44. The van der Waals surface area contributed by atoms with Gasteiger partial charge >= 0.3 is 0 Å². The summed E-state index contributed by atoms with van der Waals surface area (Å²) in [7, 11) is 1.53. The first-order valence-electron chi connectivity index (χ1n) is 5.44. The lowest BCUT2D eigenvalue weighted by molar-refractivity contribution is -0.137. The molecule has 1 saturated heterocycles. The van der Waals surface area contributed by atoms with Crippen molar-refractivity contribution in [1.82, 2.24) is 10.2 Å². The van der Waals surface area contributed by atoms with Gasteiger partial charge in [-0.1, -0.05) is 0 Å². The Hall–Kier alpha value is -1.14. The summed E-state index contributed by atoms with van der Waals surface area (Å²) in [5.74, 6) is -0.179. The number of nitrogens with zero attached hydrogens (tertiary/aromatic N) is 1. The summed E-state index contributed by atoms with van der Waals surface area (Å²) in [6.45, 7) is 1.69. The van der Waals surface area contributed by atoms with Crippen LogP contribution in [0.5, 0.6) is 0 Å². The molecule has 0 saturated carbocycles. The molecule has 0 bridgehead atoms. The molecule has 0 aliphatic carbocycles. The van der Waals surface area contributed by atoms with Crippen LogP contribution in [-0.4, -0.2) is 56.1 Å². The molecule has 1 aliphatic rings. The summed E-state index contributed by atoms with van der Waals surface area (Å²) in [5.41, 5.74) is 5.44. The summed E-state index contributed by atoms with van der Waals surface area (Å²) in [6, 6.07) is 0. The SMILES string of the molecule is COC(CN)CC(=O)N1CCCNC(=O)C1. The van der Waals surface area contributed by atoms with Crippen LogP contribution in [0.15, 0.2) is 0 Å². The van der Waals surface area contributed by atoms with Crippen molar-refractivity contribution in [2.45, 2.75) is 18.9 Å². The topological polar surface area (TPSA) is 84.7 Å². The third-order valence-corrected chi connectivity index (χ3v) is 2.61. The fraction of sp³-hybridized carbons (Fsp3) is 0.800. The van der Waals surface area contributed by atoms with Gasteiger partial charge < -0.3 is 20.7 Å². The van der Waals surface area contributed by atoms with Gasteiger partial charge in [0.05, 0.1) is 19.1 Å². The number of rotatable bonds is 4. The smallest absolute Gasteiger partial charge is 0.239 e. The van der Waals surface area contributed by atoms with Crippen LogP contribution in [0.4, 0.5) is 0 Å². The minimum absolute atomic E-state index is 0.0747. The lowest BCUT2D eigenvalue weighted by Gasteiger charge is -2.21. The molecule has 0 aromatic heterocycles. The summed E-state index contributed by atoms with van der Waals surface area (Å²) in [6.07, 6.45) is 0.761. The zero-order valence-corrected chi connectivity index (χ0v) is 9.57. The minimum atomic E-state index is -0.265. The van der Waals surface area contributed by atoms with E-state index in [0.717, 1.165) is 6.42 Å². The van der Waals surface area contributed by atoms with E-state index in [1.54, 1.807) is 4.90 Å². The molecule has 1 aliphatic heterocycles. The van der Waals surface area contributed by atoms with Gasteiger partial charge in [-0.3, -0.25) is 9.59 Å². The van der Waals surface area contributed by atoms with E-state index in [9.17, 15) is 9.59 Å². The van der Waals surface area contributed by atoms with Gasteiger partial charge in [0.25, 0.3) is 0 Å². The predicted octanol–water partition coefficient (Wildman–Crippen LogP) is -1.30. The number of ether oxygens (including phenoxy) is 1. The van der Waals surface area contributed by atoms with Crippen molar-refractivity contribution in [1.29, 1.82) is 0 Å². The molecule has 2 amide bonds. The van der Waals surface area contributed by atoms with Crippen LogP contribution in [0.25, 0.3) is 0 Å². The molecule has 16 heavy (non-hydrogen) atoms. The van der Waals surface area contributed by atoms with Gasteiger partial charge in [0.1, 0.15) is 0 Å². The molecule has 1 unspecified atom stereocenters. The van der Waals surface area contributed by atoms with Crippen molar-refractivity contribution >= 4 is 11.8 Å². The molecule has 0 spiro atoms. The van der Waals surface area contributed by atoms with Gasteiger partial charge in [-0.2, -0.15) is 0 Å². The summed E-state index contributed by atoms with van der Waals surface area (Å²) >= 11 is 0. The van der Waals surface area contributed by atoms with Crippen LogP contribution in [0, 0.1) is 0 Å². The molecular formula is C10H19N3O3. The predicted molar refractivity (Wildman–Crippen MR) is 58.7 cm³/mol. The number of carbonyl (C=O) groups excluding carboxylic acids is 2. The standard InChI is InChI=1S/C10H19N3O3/c1-16-8(6-11)5-10(15)13-4-2-3-12-9(14)7-13/h8H,2-7,11H2,1H3,(H,12,14). The Bertz CT molecular complexity index is 254. The first-order valence-corrected chi connectivity index (χ1v) is 5.44. The molecule has 1 rings (SSSR count). The number of methoxy groups -OCH3 is 1. The van der Waals surface area contributed by atoms with E-state index in [0.29, 0.717) is 19.6 Å². The van der Waals surface area contributed by atoms with Crippen molar-refractivity contribution in [3.8, 4) is 0 Å². The quantitative estimate of drug-likeness (QED) is 0.627. The average molecular weight is 229 g/mol. The second-order valence-corrected chi connectivity index (χ2v) is 3.82. The number of nitrogens with two attached hydrogens (primary N) is 1. The van der Waals surface area contributed by atoms with Gasteiger partial charge in [0.2, 0.25) is 11.8 Å². The molecule has 0 aromatic carbocycles. The lowest BCUT2D eigenvalue weighted by Crippen LogP contribution is -2.40. The van der Waals surface area contributed by atoms with E-state index in [-0.39, 0.29) is 30.9 Å². The van der Waals surface area contributed by atoms with Crippen LogP contribution in [0.3, 0.4) is 0 Å². The van der Waals surface area contributed by atoms with E-state index >= 15 is 0 Å². The van der Waals surface area contributed by atoms with Gasteiger partial charge in [-0.15, -0.1) is 0 Å². The van der Waals surface area contributed by atoms with E-state index in [2.05, 4.69) is 5.32 Å². The Labute approximate surface area is 95.1 Å². The monoisotopic (exact) mass is 229 g/mol. The lowest BCUT2D eigenvalue weighted by atomic mass is 10.2. The first-order chi connectivity index (χ1) is 7.67. The highest BCUT2D eigenvalue weighted by molar-refractivity contribution is 5.85. The maximum atomic E-state index is 11.8. The zero-order valence-electron chi connectivity index (χ0n) is 9.57. The van der Waals surface area contributed by atoms with Crippen molar-refractivity contribution in [2.75, 3.05) is 33.3 Å². The molecule has 6 heteroatoms. The van der Waals surface area contributed by atoms with Crippen LogP contribution < -0.4 is 11.1 Å². The summed E-state index contributed by atoms with van der Waals surface area (Å²) < 4.78 is 5.05. The van der Waals surface area contributed by atoms with E-state index < -0.39 is 0 Å². The summed E-state index contributed by atoms with van der Waals surface area (Å²) in [5, 5.41) is 2.72. The van der Waals surface area contributed by atoms with Crippen LogP contribution in [-0.2, 0) is 14.3 Å². The normalized spacial score (nSPS) is 18.9. The van der Waals surface area contributed by atoms with Crippen molar-refractivity contribution in [3.63, 3.8) is 0 Å². The van der Waals surface area contributed by atoms with Gasteiger partial charge in [-0.25, -0.2) is 0 Å². The third kappa shape index (κ3) is 3.79. The number of amides is 2. The Morgan fingerprint density at radius 1 is 1.69 bits per heavy atom. The zero-order chi connectivity index (χ0) is 12.0. The highest BCUT2D eigenvalue weighted by atomic mass is 16.5. The highest BCUT2D eigenvalue weighted by Crippen LogP contribution is 2.03. The average Bonchev–Trinajstić information content (AvgIpc) is 2.50. The molecule has 1 fully saturated rings. The van der Waals surface area contributed by atoms with Crippen LogP contribution in [0.2, 0.25) is 0 Å². The number of hydrogen-bond donors (Lipinski definition) is 2. The second-order valence-electron chi connectivity index (χ2n) is 3.82. The molecule has 6 nitrogen and oxygen atoms in total. The Kier molecular flexibility index (Phi) is 5.21. The fourth-order valence-electron chi connectivity index (χ4n) is 1.61. The van der Waals surface area contributed by atoms with Gasteiger partial charge in [0, 0.05) is 26.7 Å². The van der Waals surface area contributed by atoms with Crippen molar-refractivity contribution in [3.05, 3.63) is 0 Å². The third-order valence-electron chi connectivity index (χ3n) is 2.61. The maximum Gasteiger partial charge on any atom is 0.239 e. The highest BCUT2D eigenvalue weighted by Gasteiger charge is 2.21. The Morgan fingerprint density at radius 2 is 2.44 bits per heavy atom. The largest absolute Gasteiger partial charge is 0.380 e. The first kappa shape index (κ1) is 12.9. The van der Waals surface area contributed by atoms with Crippen LogP contribution >= 0.6 is 0 Å². The van der Waals surface area contributed by atoms with E-state index in [1.165, 1.54) is 7.11 Å². The molecular weight excluding hydrogens is 210 g/mol. The van der Waals surface area contributed by atoms with Crippen molar-refractivity contribution < 1.29 is 14.3 Å². The number of nitrogens with one attached hydrogen (secondary N) is 1. The Morgan fingerprint density at radius 3 is 3.06 bits per heavy atom. The number of hydrogen-bond acceptors (Lipinski definition) is 4. The van der Waals surface area contributed by atoms with Crippen LogP contribution in [0.1, 0.15) is 12.8 Å². The molecule has 92 valence electrons. The molecule has 0 radical (unpaired) electrons. The summed E-state index contributed by atoms with van der Waals surface area (Å²) in [4.78, 5) is 24.7. The molecule has 0 aromatic rings. The molecule has 1 heterocycles. The van der Waals surface area contributed by atoms with E-state index in [1.807, 2.05) is 0 Å². The fourth-order valence-corrected chi connectivity index (χ4v) is 1.61. The number of carbonyl (C=O) groups is 2. The van der Waals surface area contributed by atoms with E-state index in [4.69, 9.17) is 10.5 Å².